The lowest BCUT2D eigenvalue weighted by molar-refractivity contribution is 0.414. The van der Waals surface area contributed by atoms with Crippen LogP contribution in [0.2, 0.25) is 0 Å². The largest absolute Gasteiger partial charge is 0.497 e. The van der Waals surface area contributed by atoms with E-state index in [1.807, 2.05) is 44.2 Å². The molecule has 1 N–H and O–H groups in total. The number of methoxy groups -OCH3 is 1. The van der Waals surface area contributed by atoms with Crippen molar-refractivity contribution in [3.05, 3.63) is 65.0 Å². The Morgan fingerprint density at radius 3 is 2.35 bits per heavy atom. The Hall–Kier alpha value is -1.87. The van der Waals surface area contributed by atoms with Gasteiger partial charge < -0.3 is 10.1 Å². The van der Waals surface area contributed by atoms with E-state index in [2.05, 4.69) is 5.32 Å². The first-order valence-electron chi connectivity index (χ1n) is 6.78. The molecular formula is C17H20FNO. The van der Waals surface area contributed by atoms with Gasteiger partial charge in [-0.1, -0.05) is 25.1 Å². The van der Waals surface area contributed by atoms with Crippen LogP contribution in [0.5, 0.6) is 5.75 Å². The number of benzene rings is 2. The van der Waals surface area contributed by atoms with Crippen molar-refractivity contribution in [2.24, 2.45) is 0 Å². The molecule has 3 heteroatoms. The molecule has 0 heterocycles. The summed E-state index contributed by atoms with van der Waals surface area (Å²) in [4.78, 5) is 0. The third-order valence-corrected chi connectivity index (χ3v) is 3.26. The van der Waals surface area contributed by atoms with E-state index < -0.39 is 0 Å². The van der Waals surface area contributed by atoms with Gasteiger partial charge in [0.15, 0.2) is 0 Å². The first kappa shape index (κ1) is 14.5. The third kappa shape index (κ3) is 3.36. The number of aryl methyl sites for hydroxylation is 1. The molecule has 2 rings (SSSR count). The summed E-state index contributed by atoms with van der Waals surface area (Å²) < 4.78 is 18.8. The highest BCUT2D eigenvalue weighted by atomic mass is 19.1. The lowest BCUT2D eigenvalue weighted by atomic mass is 9.97. The van der Waals surface area contributed by atoms with Gasteiger partial charge in [0.2, 0.25) is 0 Å². The van der Waals surface area contributed by atoms with E-state index in [-0.39, 0.29) is 11.9 Å². The van der Waals surface area contributed by atoms with Gasteiger partial charge in [-0.3, -0.25) is 0 Å². The van der Waals surface area contributed by atoms with Crippen molar-refractivity contribution in [1.29, 1.82) is 0 Å². The maximum absolute atomic E-state index is 13.6. The molecule has 0 aromatic heterocycles. The number of hydrogen-bond donors (Lipinski definition) is 1. The summed E-state index contributed by atoms with van der Waals surface area (Å²) in [5, 5.41) is 3.40. The summed E-state index contributed by atoms with van der Waals surface area (Å²) in [6.07, 6.45) is 0. The van der Waals surface area contributed by atoms with Gasteiger partial charge in [0.25, 0.3) is 0 Å². The summed E-state index contributed by atoms with van der Waals surface area (Å²) >= 11 is 0. The van der Waals surface area contributed by atoms with Crippen molar-refractivity contribution in [2.75, 3.05) is 13.7 Å². The fraction of sp³-hybridized carbons (Fsp3) is 0.294. The van der Waals surface area contributed by atoms with Crippen LogP contribution in [-0.2, 0) is 0 Å². The molecule has 0 radical (unpaired) electrons. The maximum Gasteiger partial charge on any atom is 0.123 e. The fourth-order valence-corrected chi connectivity index (χ4v) is 2.36. The number of ether oxygens (including phenoxy) is 1. The van der Waals surface area contributed by atoms with Gasteiger partial charge in [-0.05, 0) is 54.4 Å². The Bertz CT molecular complexity index is 545. The summed E-state index contributed by atoms with van der Waals surface area (Å²) in [6.45, 7) is 4.76. The number of rotatable bonds is 5. The zero-order chi connectivity index (χ0) is 14.5. The fourth-order valence-electron chi connectivity index (χ4n) is 2.36. The highest BCUT2D eigenvalue weighted by Gasteiger charge is 2.14. The van der Waals surface area contributed by atoms with E-state index in [0.29, 0.717) is 0 Å². The second-order valence-corrected chi connectivity index (χ2v) is 4.83. The molecule has 0 spiro atoms. The van der Waals surface area contributed by atoms with Crippen molar-refractivity contribution in [3.8, 4) is 5.75 Å². The lowest BCUT2D eigenvalue weighted by Gasteiger charge is -2.20. The van der Waals surface area contributed by atoms with Crippen LogP contribution in [0.25, 0.3) is 0 Å². The van der Waals surface area contributed by atoms with Crippen molar-refractivity contribution in [2.45, 2.75) is 19.9 Å². The molecule has 0 amide bonds. The highest BCUT2D eigenvalue weighted by Crippen LogP contribution is 2.25. The predicted octanol–water partition coefficient (Wildman–Crippen LogP) is 3.84. The van der Waals surface area contributed by atoms with Crippen molar-refractivity contribution in [3.63, 3.8) is 0 Å². The summed E-state index contributed by atoms with van der Waals surface area (Å²) in [5.74, 6) is 0.621. The number of nitrogens with one attached hydrogen (secondary N) is 1. The van der Waals surface area contributed by atoms with Crippen LogP contribution in [0.1, 0.15) is 29.7 Å². The normalized spacial score (nSPS) is 12.2. The summed E-state index contributed by atoms with van der Waals surface area (Å²) in [5.41, 5.74) is 2.96. The topological polar surface area (TPSA) is 21.3 Å². The Kier molecular flexibility index (Phi) is 4.74. The van der Waals surface area contributed by atoms with Crippen molar-refractivity contribution >= 4 is 0 Å². The molecule has 1 unspecified atom stereocenters. The van der Waals surface area contributed by atoms with Gasteiger partial charge in [0.05, 0.1) is 13.2 Å². The lowest BCUT2D eigenvalue weighted by Crippen LogP contribution is -2.22. The molecule has 0 aliphatic rings. The first-order valence-corrected chi connectivity index (χ1v) is 6.78. The molecule has 0 aliphatic heterocycles. The van der Waals surface area contributed by atoms with E-state index in [0.717, 1.165) is 29.0 Å². The minimum atomic E-state index is -0.198. The van der Waals surface area contributed by atoms with Crippen LogP contribution >= 0.6 is 0 Å². The molecule has 2 aromatic rings. The quantitative estimate of drug-likeness (QED) is 0.893. The standard InChI is InChI=1S/C17H20FNO/c1-4-19-17(13-5-7-16(20-3)8-6-13)14-9-12(2)10-15(18)11-14/h5-11,17,19H,4H2,1-3H3. The smallest absolute Gasteiger partial charge is 0.123 e. The summed E-state index contributed by atoms with van der Waals surface area (Å²) in [6, 6.07) is 13.0. The average molecular weight is 273 g/mol. The average Bonchev–Trinajstić information content (AvgIpc) is 2.44. The zero-order valence-corrected chi connectivity index (χ0v) is 12.1. The second-order valence-electron chi connectivity index (χ2n) is 4.83. The van der Waals surface area contributed by atoms with E-state index in [4.69, 9.17) is 4.74 Å². The molecule has 2 nitrogen and oxygen atoms in total. The number of hydrogen-bond acceptors (Lipinski definition) is 2. The Morgan fingerprint density at radius 1 is 1.10 bits per heavy atom. The van der Waals surface area contributed by atoms with Gasteiger partial charge in [0.1, 0.15) is 11.6 Å². The van der Waals surface area contributed by atoms with Crippen LogP contribution in [-0.4, -0.2) is 13.7 Å². The van der Waals surface area contributed by atoms with Gasteiger partial charge >= 0.3 is 0 Å². The molecule has 106 valence electrons. The molecule has 20 heavy (non-hydrogen) atoms. The third-order valence-electron chi connectivity index (χ3n) is 3.26. The SMILES string of the molecule is CCNC(c1ccc(OC)cc1)c1cc(C)cc(F)c1. The van der Waals surface area contributed by atoms with Gasteiger partial charge in [-0.15, -0.1) is 0 Å². The molecule has 0 aliphatic carbocycles. The maximum atomic E-state index is 13.6. The van der Waals surface area contributed by atoms with Crippen molar-refractivity contribution < 1.29 is 9.13 Å². The van der Waals surface area contributed by atoms with Gasteiger partial charge in [-0.2, -0.15) is 0 Å². The molecule has 0 saturated carbocycles. The minimum absolute atomic E-state index is 0.0136. The molecule has 1 atom stereocenters. The van der Waals surface area contributed by atoms with E-state index in [1.165, 1.54) is 0 Å². The van der Waals surface area contributed by atoms with Crippen molar-refractivity contribution in [1.82, 2.24) is 5.32 Å². The molecular weight excluding hydrogens is 253 g/mol. The van der Waals surface area contributed by atoms with Crippen LogP contribution in [0.4, 0.5) is 4.39 Å². The van der Waals surface area contributed by atoms with Crippen LogP contribution in [0.3, 0.4) is 0 Å². The van der Waals surface area contributed by atoms with Crippen LogP contribution < -0.4 is 10.1 Å². The molecule has 0 saturated heterocycles. The van der Waals surface area contributed by atoms with E-state index in [1.54, 1.807) is 19.2 Å². The van der Waals surface area contributed by atoms with E-state index in [9.17, 15) is 4.39 Å². The Labute approximate surface area is 119 Å². The number of halogens is 1. The first-order chi connectivity index (χ1) is 9.63. The minimum Gasteiger partial charge on any atom is -0.497 e. The monoisotopic (exact) mass is 273 g/mol. The molecule has 0 bridgehead atoms. The van der Waals surface area contributed by atoms with Gasteiger partial charge in [0, 0.05) is 0 Å². The molecule has 0 fully saturated rings. The predicted molar refractivity (Wildman–Crippen MR) is 79.7 cm³/mol. The Morgan fingerprint density at radius 2 is 1.80 bits per heavy atom. The van der Waals surface area contributed by atoms with Gasteiger partial charge in [-0.25, -0.2) is 4.39 Å². The van der Waals surface area contributed by atoms with E-state index >= 15 is 0 Å². The van der Waals surface area contributed by atoms with Crippen LogP contribution in [0, 0.1) is 12.7 Å². The van der Waals surface area contributed by atoms with Crippen LogP contribution in [0.15, 0.2) is 42.5 Å². The highest BCUT2D eigenvalue weighted by molar-refractivity contribution is 5.37. The summed E-state index contributed by atoms with van der Waals surface area (Å²) in [7, 11) is 1.65. The zero-order valence-electron chi connectivity index (χ0n) is 12.1. The Balaban J connectivity index is 2.38. The second kappa shape index (κ2) is 6.53. The molecule has 2 aromatic carbocycles.